The Morgan fingerprint density at radius 3 is 2.18 bits per heavy atom. The lowest BCUT2D eigenvalue weighted by atomic mass is 10.1. The van der Waals surface area contributed by atoms with Gasteiger partial charge in [-0.2, -0.15) is 0 Å². The zero-order valence-corrected chi connectivity index (χ0v) is 13.7. The number of carbonyl (C=O) groups is 2. The lowest BCUT2D eigenvalue weighted by Crippen LogP contribution is -2.24. The minimum Gasteiger partial charge on any atom is -0.451 e. The normalized spacial score (nSPS) is 11.8. The second-order valence-electron chi connectivity index (χ2n) is 4.54. The number of halogens is 3. The van der Waals surface area contributed by atoms with Crippen LogP contribution in [0.3, 0.4) is 0 Å². The minimum absolute atomic E-state index is 0.116. The first kappa shape index (κ1) is 16.8. The standard InChI is InChI=1S/C16H11Cl3O3/c1-9(15(20)10-2-4-11(17)5-3-10)22-16(21)13-8-12(18)6-7-14(13)19/h2-9H,1H3/t9-/m0/s1. The summed E-state index contributed by atoms with van der Waals surface area (Å²) in [5.74, 6) is -1.04. The Morgan fingerprint density at radius 2 is 1.55 bits per heavy atom. The van der Waals surface area contributed by atoms with E-state index in [1.807, 2.05) is 0 Å². The SMILES string of the molecule is C[C@H](OC(=O)c1cc(Cl)ccc1Cl)C(=O)c1ccc(Cl)cc1. The fourth-order valence-electron chi connectivity index (χ4n) is 1.78. The molecule has 0 heterocycles. The summed E-state index contributed by atoms with van der Waals surface area (Å²) >= 11 is 17.5. The van der Waals surface area contributed by atoms with Crippen LogP contribution in [0.15, 0.2) is 42.5 Å². The molecule has 22 heavy (non-hydrogen) atoms. The third-order valence-corrected chi connectivity index (χ3v) is 3.75. The Labute approximate surface area is 142 Å². The molecule has 0 N–H and O–H groups in total. The summed E-state index contributed by atoms with van der Waals surface area (Å²) in [4.78, 5) is 24.3. The molecule has 0 aliphatic heterocycles. The van der Waals surface area contributed by atoms with Crippen LogP contribution < -0.4 is 0 Å². The molecule has 0 spiro atoms. The van der Waals surface area contributed by atoms with Crippen LogP contribution in [0.1, 0.15) is 27.6 Å². The molecular formula is C16H11Cl3O3. The van der Waals surface area contributed by atoms with Gasteiger partial charge in [0.05, 0.1) is 10.6 Å². The molecular weight excluding hydrogens is 347 g/mol. The molecule has 3 nitrogen and oxygen atoms in total. The molecule has 0 bridgehead atoms. The summed E-state index contributed by atoms with van der Waals surface area (Å²) in [6.07, 6.45) is -0.955. The van der Waals surface area contributed by atoms with E-state index < -0.39 is 12.1 Å². The lowest BCUT2D eigenvalue weighted by Gasteiger charge is -2.13. The van der Waals surface area contributed by atoms with E-state index in [0.29, 0.717) is 15.6 Å². The number of benzene rings is 2. The van der Waals surface area contributed by atoms with Gasteiger partial charge in [-0.1, -0.05) is 34.8 Å². The van der Waals surface area contributed by atoms with Gasteiger partial charge in [-0.15, -0.1) is 0 Å². The summed E-state index contributed by atoms with van der Waals surface area (Å²) in [5, 5.41) is 1.08. The Kier molecular flexibility index (Phi) is 5.46. The zero-order valence-electron chi connectivity index (χ0n) is 11.5. The smallest absolute Gasteiger partial charge is 0.340 e. The maximum absolute atomic E-state index is 12.2. The van der Waals surface area contributed by atoms with Gasteiger partial charge in [-0.05, 0) is 49.4 Å². The number of hydrogen-bond acceptors (Lipinski definition) is 3. The van der Waals surface area contributed by atoms with Crippen LogP contribution >= 0.6 is 34.8 Å². The number of ketones is 1. The van der Waals surface area contributed by atoms with Gasteiger partial charge >= 0.3 is 5.97 Å². The average molecular weight is 358 g/mol. The molecule has 0 saturated heterocycles. The van der Waals surface area contributed by atoms with Crippen molar-refractivity contribution in [2.45, 2.75) is 13.0 Å². The molecule has 0 aliphatic carbocycles. The third-order valence-electron chi connectivity index (χ3n) is 2.93. The molecule has 6 heteroatoms. The van der Waals surface area contributed by atoms with E-state index in [9.17, 15) is 9.59 Å². The molecule has 0 aliphatic rings. The summed E-state index contributed by atoms with van der Waals surface area (Å²) in [6, 6.07) is 10.8. The van der Waals surface area contributed by atoms with E-state index in [1.54, 1.807) is 30.3 Å². The molecule has 0 amide bonds. The average Bonchev–Trinajstić information content (AvgIpc) is 2.49. The van der Waals surface area contributed by atoms with Gasteiger partial charge in [0.1, 0.15) is 0 Å². The van der Waals surface area contributed by atoms with Crippen LogP contribution in [0.4, 0.5) is 0 Å². The van der Waals surface area contributed by atoms with Crippen molar-refractivity contribution in [1.82, 2.24) is 0 Å². The first-order chi connectivity index (χ1) is 10.4. The highest BCUT2D eigenvalue weighted by atomic mass is 35.5. The number of Topliss-reactive ketones (excluding diaryl/α,β-unsaturated/α-hetero) is 1. The molecule has 0 aromatic heterocycles. The van der Waals surface area contributed by atoms with Crippen molar-refractivity contribution in [3.05, 3.63) is 68.7 Å². The maximum Gasteiger partial charge on any atom is 0.340 e. The minimum atomic E-state index is -0.955. The summed E-state index contributed by atoms with van der Waals surface area (Å²) < 4.78 is 5.15. The van der Waals surface area contributed by atoms with Crippen LogP contribution in [-0.2, 0) is 4.74 Å². The van der Waals surface area contributed by atoms with Gasteiger partial charge in [0.25, 0.3) is 0 Å². The highest BCUT2D eigenvalue weighted by Gasteiger charge is 2.22. The predicted octanol–water partition coefficient (Wildman–Crippen LogP) is 5.08. The number of rotatable bonds is 4. The Hall–Kier alpha value is -1.55. The summed E-state index contributed by atoms with van der Waals surface area (Å²) in [5.41, 5.74) is 0.520. The lowest BCUT2D eigenvalue weighted by molar-refractivity contribution is 0.0319. The van der Waals surface area contributed by atoms with E-state index >= 15 is 0 Å². The Balaban J connectivity index is 2.12. The molecule has 2 rings (SSSR count). The van der Waals surface area contributed by atoms with Crippen molar-refractivity contribution in [3.8, 4) is 0 Å². The van der Waals surface area contributed by atoms with E-state index in [4.69, 9.17) is 39.5 Å². The number of carbonyl (C=O) groups excluding carboxylic acids is 2. The van der Waals surface area contributed by atoms with E-state index in [0.717, 1.165) is 0 Å². The number of esters is 1. The first-order valence-electron chi connectivity index (χ1n) is 6.34. The van der Waals surface area contributed by atoms with Crippen LogP contribution in [-0.4, -0.2) is 17.9 Å². The Morgan fingerprint density at radius 1 is 0.955 bits per heavy atom. The van der Waals surface area contributed by atoms with Crippen molar-refractivity contribution in [1.29, 1.82) is 0 Å². The Bertz CT molecular complexity index is 711. The molecule has 0 saturated carbocycles. The van der Waals surface area contributed by atoms with Crippen molar-refractivity contribution >= 4 is 46.6 Å². The van der Waals surface area contributed by atoms with Crippen molar-refractivity contribution in [2.75, 3.05) is 0 Å². The van der Waals surface area contributed by atoms with E-state index in [1.165, 1.54) is 19.1 Å². The van der Waals surface area contributed by atoms with Gasteiger partial charge in [0.2, 0.25) is 5.78 Å². The third kappa shape index (κ3) is 4.01. The maximum atomic E-state index is 12.2. The predicted molar refractivity (Wildman–Crippen MR) is 87.1 cm³/mol. The molecule has 1 atom stereocenters. The van der Waals surface area contributed by atoms with Crippen molar-refractivity contribution in [2.24, 2.45) is 0 Å². The molecule has 0 radical (unpaired) electrons. The van der Waals surface area contributed by atoms with Gasteiger partial charge < -0.3 is 4.74 Å². The highest BCUT2D eigenvalue weighted by Crippen LogP contribution is 2.22. The van der Waals surface area contributed by atoms with Crippen LogP contribution in [0, 0.1) is 0 Å². The molecule has 0 unspecified atom stereocenters. The second-order valence-corrected chi connectivity index (χ2v) is 5.82. The first-order valence-corrected chi connectivity index (χ1v) is 7.47. The van der Waals surface area contributed by atoms with Gasteiger partial charge in [-0.3, -0.25) is 4.79 Å². The molecule has 2 aromatic rings. The van der Waals surface area contributed by atoms with E-state index in [-0.39, 0.29) is 16.4 Å². The van der Waals surface area contributed by atoms with Gasteiger partial charge in [0, 0.05) is 15.6 Å². The van der Waals surface area contributed by atoms with Crippen LogP contribution in [0.5, 0.6) is 0 Å². The zero-order chi connectivity index (χ0) is 16.3. The summed E-state index contributed by atoms with van der Waals surface area (Å²) in [7, 11) is 0. The fraction of sp³-hybridized carbons (Fsp3) is 0.125. The quantitative estimate of drug-likeness (QED) is 0.566. The second kappa shape index (κ2) is 7.14. The van der Waals surface area contributed by atoms with Gasteiger partial charge in [0.15, 0.2) is 6.10 Å². The van der Waals surface area contributed by atoms with Gasteiger partial charge in [-0.25, -0.2) is 4.79 Å². The largest absolute Gasteiger partial charge is 0.451 e. The number of ether oxygens (including phenoxy) is 1. The van der Waals surface area contributed by atoms with Crippen molar-refractivity contribution in [3.63, 3.8) is 0 Å². The van der Waals surface area contributed by atoms with E-state index in [2.05, 4.69) is 0 Å². The number of hydrogen-bond donors (Lipinski definition) is 0. The topological polar surface area (TPSA) is 43.4 Å². The van der Waals surface area contributed by atoms with Crippen LogP contribution in [0.25, 0.3) is 0 Å². The summed E-state index contributed by atoms with van der Waals surface area (Å²) in [6.45, 7) is 1.49. The van der Waals surface area contributed by atoms with Crippen molar-refractivity contribution < 1.29 is 14.3 Å². The van der Waals surface area contributed by atoms with Crippen LogP contribution in [0.2, 0.25) is 15.1 Å². The molecule has 2 aromatic carbocycles. The fourth-order valence-corrected chi connectivity index (χ4v) is 2.27. The molecule has 0 fully saturated rings. The monoisotopic (exact) mass is 356 g/mol. The highest BCUT2D eigenvalue weighted by molar-refractivity contribution is 6.35. The molecule has 114 valence electrons.